The zero-order valence-corrected chi connectivity index (χ0v) is 34.6. The molecule has 14 nitrogen and oxygen atoms in total. The van der Waals surface area contributed by atoms with Crippen molar-refractivity contribution in [3.63, 3.8) is 0 Å². The van der Waals surface area contributed by atoms with Crippen molar-refractivity contribution >= 4 is 77.5 Å². The first-order valence-corrected chi connectivity index (χ1v) is 21.5. The molecule has 6 aromatic rings. The highest BCUT2D eigenvalue weighted by Gasteiger charge is 2.38. The lowest BCUT2D eigenvalue weighted by atomic mass is 9.82. The van der Waals surface area contributed by atoms with Crippen molar-refractivity contribution in [1.29, 1.82) is 0 Å². The highest BCUT2D eigenvalue weighted by atomic mass is 32.2. The predicted octanol–water partition coefficient (Wildman–Crippen LogP) is 7.21. The van der Waals surface area contributed by atoms with Gasteiger partial charge in [0.1, 0.15) is 9.79 Å². The zero-order chi connectivity index (χ0) is 44.0. The van der Waals surface area contributed by atoms with E-state index in [1.54, 1.807) is 48.5 Å². The van der Waals surface area contributed by atoms with Crippen LogP contribution in [0.5, 0.6) is 0 Å². The minimum atomic E-state index is -4.92. The number of benzene rings is 6. The Bertz CT molecular complexity index is 3000. The van der Waals surface area contributed by atoms with Crippen molar-refractivity contribution in [2.75, 3.05) is 22.1 Å². The van der Waals surface area contributed by atoms with Crippen LogP contribution in [-0.4, -0.2) is 49.1 Å². The first kappa shape index (κ1) is 40.8. The molecule has 61 heavy (non-hydrogen) atoms. The number of fused-ring (bicyclic) bond motifs is 4. The van der Waals surface area contributed by atoms with Crippen molar-refractivity contribution in [2.45, 2.75) is 43.9 Å². The first-order valence-electron chi connectivity index (χ1n) is 18.7. The minimum absolute atomic E-state index is 0.0349. The molecule has 0 radical (unpaired) electrons. The van der Waals surface area contributed by atoms with Gasteiger partial charge in [-0.25, -0.2) is 0 Å². The third-order valence-corrected chi connectivity index (χ3v) is 13.0. The highest BCUT2D eigenvalue weighted by molar-refractivity contribution is 7.86. The summed E-state index contributed by atoms with van der Waals surface area (Å²) < 4.78 is 69.9. The number of rotatable bonds is 8. The molecule has 0 atom stereocenters. The molecular formula is C45H36N4O10S2. The van der Waals surface area contributed by atoms with Gasteiger partial charge in [-0.1, -0.05) is 48.5 Å². The largest absolute Gasteiger partial charge is 0.397 e. The average molecular weight is 857 g/mol. The number of hydrogen-bond acceptors (Lipinski definition) is 12. The van der Waals surface area contributed by atoms with E-state index in [4.69, 9.17) is 11.5 Å². The predicted molar refractivity (Wildman–Crippen MR) is 229 cm³/mol. The van der Waals surface area contributed by atoms with E-state index in [1.165, 1.54) is 24.3 Å². The summed E-state index contributed by atoms with van der Waals surface area (Å²) in [6.07, 6.45) is 0.456. The average Bonchev–Trinajstić information content (AvgIpc) is 3.18. The SMILES string of the molecule is Cc1cc(Nc2cc(S(=O)(=O)O)c(N)c3c2C(=O)c2ccccc2C3=O)cc(C)c1Cc1c(C)cc(Nc2cc(S(=O)(=O)O)c(N)c3c2C(=O)c2ccccc2C3=O)cc1C. The van der Waals surface area contributed by atoms with E-state index in [0.29, 0.717) is 17.8 Å². The Morgan fingerprint density at radius 3 is 1.03 bits per heavy atom. The Morgan fingerprint density at radius 1 is 0.475 bits per heavy atom. The maximum absolute atomic E-state index is 13.8. The molecule has 8 rings (SSSR count). The van der Waals surface area contributed by atoms with Gasteiger partial charge in [-0.3, -0.25) is 28.3 Å². The van der Waals surface area contributed by atoms with E-state index < -0.39 is 64.5 Å². The monoisotopic (exact) mass is 856 g/mol. The number of nitrogen functional groups attached to an aromatic ring is 2. The molecule has 6 aromatic carbocycles. The van der Waals surface area contributed by atoms with E-state index in [1.807, 2.05) is 27.7 Å². The van der Waals surface area contributed by atoms with E-state index in [2.05, 4.69) is 10.6 Å². The number of nitrogens with one attached hydrogen (secondary N) is 2. The van der Waals surface area contributed by atoms with Gasteiger partial charge >= 0.3 is 0 Å². The summed E-state index contributed by atoms with van der Waals surface area (Å²) in [4.78, 5) is 53.5. The summed E-state index contributed by atoms with van der Waals surface area (Å²) in [5, 5.41) is 6.22. The van der Waals surface area contributed by atoms with Crippen LogP contribution in [0.4, 0.5) is 34.1 Å². The maximum atomic E-state index is 13.8. The summed E-state index contributed by atoms with van der Waals surface area (Å²) in [6, 6.07) is 21.5. The first-order chi connectivity index (χ1) is 28.7. The molecule has 0 bridgehead atoms. The van der Waals surface area contributed by atoms with Crippen LogP contribution in [-0.2, 0) is 26.7 Å². The quantitative estimate of drug-likeness (QED) is 0.0653. The molecule has 8 N–H and O–H groups in total. The third kappa shape index (κ3) is 6.75. The molecule has 16 heteroatoms. The van der Waals surface area contributed by atoms with Gasteiger partial charge in [0.25, 0.3) is 20.2 Å². The second-order valence-corrected chi connectivity index (χ2v) is 17.9. The number of carbonyl (C=O) groups is 4. The van der Waals surface area contributed by atoms with Crippen LogP contribution in [0.25, 0.3) is 0 Å². The van der Waals surface area contributed by atoms with Gasteiger partial charge in [0, 0.05) is 33.6 Å². The molecule has 0 aliphatic heterocycles. The van der Waals surface area contributed by atoms with Crippen molar-refractivity contribution < 1.29 is 45.1 Å². The Hall–Kier alpha value is -6.98. The normalized spacial score (nSPS) is 13.3. The van der Waals surface area contributed by atoms with Crippen molar-refractivity contribution in [1.82, 2.24) is 0 Å². The third-order valence-electron chi connectivity index (χ3n) is 11.3. The van der Waals surface area contributed by atoms with E-state index in [0.717, 1.165) is 45.5 Å². The van der Waals surface area contributed by atoms with Crippen LogP contribution >= 0.6 is 0 Å². The fraction of sp³-hybridized carbons (Fsp3) is 0.111. The number of anilines is 6. The number of carbonyl (C=O) groups excluding carboxylic acids is 4. The van der Waals surface area contributed by atoms with Gasteiger partial charge in [0.2, 0.25) is 0 Å². The second kappa shape index (κ2) is 14.3. The molecule has 0 heterocycles. The van der Waals surface area contributed by atoms with Crippen LogP contribution in [0, 0.1) is 27.7 Å². The van der Waals surface area contributed by atoms with Crippen LogP contribution in [0.3, 0.4) is 0 Å². The van der Waals surface area contributed by atoms with Gasteiger partial charge in [0.15, 0.2) is 23.1 Å². The highest BCUT2D eigenvalue weighted by Crippen LogP contribution is 2.42. The number of aryl methyl sites for hydroxylation is 4. The van der Waals surface area contributed by atoms with Crippen molar-refractivity contribution in [3.05, 3.63) is 163 Å². The molecule has 308 valence electrons. The van der Waals surface area contributed by atoms with Crippen LogP contribution in [0.2, 0.25) is 0 Å². The molecule has 0 amide bonds. The fourth-order valence-corrected chi connectivity index (χ4v) is 9.68. The van der Waals surface area contributed by atoms with E-state index >= 15 is 0 Å². The van der Waals surface area contributed by atoms with Gasteiger partial charge in [0.05, 0.1) is 45.0 Å². The summed E-state index contributed by atoms with van der Waals surface area (Å²) in [7, 11) is -9.83. The molecule has 0 saturated heterocycles. The van der Waals surface area contributed by atoms with Gasteiger partial charge < -0.3 is 22.1 Å². The Kier molecular flexibility index (Phi) is 9.59. The molecular weight excluding hydrogens is 821 g/mol. The number of hydrogen-bond donors (Lipinski definition) is 6. The maximum Gasteiger partial charge on any atom is 0.296 e. The Morgan fingerprint density at radius 2 is 0.754 bits per heavy atom. The van der Waals surface area contributed by atoms with Crippen LogP contribution < -0.4 is 22.1 Å². The van der Waals surface area contributed by atoms with E-state index in [-0.39, 0.29) is 55.9 Å². The second-order valence-electron chi connectivity index (χ2n) is 15.1. The smallest absolute Gasteiger partial charge is 0.296 e. The van der Waals surface area contributed by atoms with Gasteiger partial charge in [-0.15, -0.1) is 0 Å². The Labute approximate surface area is 350 Å². The standard InChI is InChI=1S/C45H36N4O10S2/c1-20-13-24(48-32-18-34(60(54,55)56)40(46)38-36(32)42(50)26-9-5-7-11-28(26)44(38)52)14-21(2)30(20)17-31-22(3)15-25(16-23(31)4)49-33-19-35(61(57,58)59)41(47)39-37(33)43(51)27-10-6-8-12-29(27)45(39)53/h5-16,18-19,48-49H,17,46-47H2,1-4H3,(H,54,55,56)(H,57,58,59). The molecule has 0 spiro atoms. The van der Waals surface area contributed by atoms with Crippen molar-refractivity contribution in [2.24, 2.45) is 0 Å². The summed E-state index contributed by atoms with van der Waals surface area (Å²) in [5.41, 5.74) is 16.8. The van der Waals surface area contributed by atoms with Crippen molar-refractivity contribution in [3.8, 4) is 0 Å². The number of ketones is 4. The molecule has 2 aliphatic rings. The van der Waals surface area contributed by atoms with Gasteiger partial charge in [-0.05, 0) is 104 Å². The fourth-order valence-electron chi connectivity index (χ4n) is 8.39. The molecule has 0 unspecified atom stereocenters. The molecule has 0 saturated carbocycles. The minimum Gasteiger partial charge on any atom is -0.397 e. The van der Waals surface area contributed by atoms with Crippen LogP contribution in [0.1, 0.15) is 97.1 Å². The van der Waals surface area contributed by atoms with E-state index in [9.17, 15) is 45.1 Å². The van der Waals surface area contributed by atoms with Crippen LogP contribution in [0.15, 0.2) is 94.7 Å². The lowest BCUT2D eigenvalue weighted by molar-refractivity contribution is 0.0980. The lowest BCUT2D eigenvalue weighted by Crippen LogP contribution is -2.25. The topological polar surface area (TPSA) is 253 Å². The Balaban J connectivity index is 1.13. The molecule has 0 fully saturated rings. The summed E-state index contributed by atoms with van der Waals surface area (Å²) in [6.45, 7) is 7.53. The summed E-state index contributed by atoms with van der Waals surface area (Å²) >= 11 is 0. The zero-order valence-electron chi connectivity index (χ0n) is 32.9. The molecule has 0 aromatic heterocycles. The number of nitrogens with two attached hydrogens (primary N) is 2. The van der Waals surface area contributed by atoms with Gasteiger partial charge in [-0.2, -0.15) is 16.8 Å². The molecule has 2 aliphatic carbocycles. The lowest BCUT2D eigenvalue weighted by Gasteiger charge is -2.24. The summed E-state index contributed by atoms with van der Waals surface area (Å²) in [5.74, 6) is -2.40.